The van der Waals surface area contributed by atoms with Crippen molar-refractivity contribution in [2.75, 3.05) is 6.61 Å². The van der Waals surface area contributed by atoms with Crippen LogP contribution in [-0.2, 0) is 39.1 Å². The van der Waals surface area contributed by atoms with E-state index in [-0.39, 0.29) is 6.61 Å². The summed E-state index contributed by atoms with van der Waals surface area (Å²) in [6, 6.07) is 30.4. The maximum absolute atomic E-state index is 10.3. The predicted octanol–water partition coefficient (Wildman–Crippen LogP) is 7.80. The molecule has 0 aliphatic heterocycles. The summed E-state index contributed by atoms with van der Waals surface area (Å²) >= 11 is -0.826. The van der Waals surface area contributed by atoms with E-state index in [0.29, 0.717) is 12.8 Å². The Morgan fingerprint density at radius 2 is 1.14 bits per heavy atom. The molecule has 0 atom stereocenters. The Morgan fingerprint density at radius 3 is 1.58 bits per heavy atom. The summed E-state index contributed by atoms with van der Waals surface area (Å²) in [7, 11) is 9.87. The van der Waals surface area contributed by atoms with Crippen molar-refractivity contribution in [1.82, 2.24) is 0 Å². The van der Waals surface area contributed by atoms with Crippen LogP contribution >= 0.6 is 17.0 Å². The molecule has 0 saturated carbocycles. The predicted molar refractivity (Wildman–Crippen MR) is 144 cm³/mol. The Balaban J connectivity index is 0.000000848. The van der Waals surface area contributed by atoms with Crippen LogP contribution in [0.3, 0.4) is 0 Å². The fourth-order valence-corrected chi connectivity index (χ4v) is 6.29. The molecule has 0 heterocycles. The van der Waals surface area contributed by atoms with Gasteiger partial charge in [0.25, 0.3) is 0 Å². The molecule has 0 radical (unpaired) electrons. The first-order valence-electron chi connectivity index (χ1n) is 12.1. The molecule has 0 unspecified atom stereocenters. The van der Waals surface area contributed by atoms with Crippen LogP contribution in [-0.4, -0.2) is 16.8 Å². The molecule has 2 aliphatic carbocycles. The first kappa shape index (κ1) is 25.9. The average molecular weight is 594 g/mol. The van der Waals surface area contributed by atoms with Crippen molar-refractivity contribution in [1.29, 1.82) is 0 Å². The Morgan fingerprint density at radius 1 is 0.694 bits per heavy atom. The Labute approximate surface area is 231 Å². The molecule has 2 nitrogen and oxygen atoms in total. The van der Waals surface area contributed by atoms with Crippen molar-refractivity contribution in [3.8, 4) is 22.3 Å². The summed E-state index contributed by atoms with van der Waals surface area (Å²) in [4.78, 5) is 0. The van der Waals surface area contributed by atoms with Crippen molar-refractivity contribution in [2.45, 2.75) is 31.1 Å². The number of rotatable bonds is 6. The summed E-state index contributed by atoms with van der Waals surface area (Å²) in [5.74, 6) is 0. The van der Waals surface area contributed by atoms with E-state index in [9.17, 15) is 10.2 Å². The second-order valence-corrected chi connectivity index (χ2v) is 13.1. The summed E-state index contributed by atoms with van der Waals surface area (Å²) in [5.41, 5.74) is 12.4. The number of hydrogen-bond donors (Lipinski definition) is 2. The van der Waals surface area contributed by atoms with Crippen LogP contribution in [0.4, 0.5) is 0 Å². The number of aliphatic hydroxyl groups excluding tert-OH is 2. The summed E-state index contributed by atoms with van der Waals surface area (Å²) in [5, 5.41) is 20.5. The molecular weight excluding hydrogens is 566 g/mol. The van der Waals surface area contributed by atoms with Crippen LogP contribution in [0, 0.1) is 6.61 Å². The van der Waals surface area contributed by atoms with Gasteiger partial charge in [-0.05, 0) is 80.3 Å². The van der Waals surface area contributed by atoms with Crippen LogP contribution in [0.25, 0.3) is 22.3 Å². The molecule has 5 heteroatoms. The molecule has 0 aromatic heterocycles. The monoisotopic (exact) mass is 591 g/mol. The molecule has 2 aliphatic rings. The van der Waals surface area contributed by atoms with Gasteiger partial charge in [-0.2, -0.15) is 0 Å². The number of aliphatic hydroxyl groups is 2. The average Bonchev–Trinajstić information content (AvgIpc) is 3.47. The summed E-state index contributed by atoms with van der Waals surface area (Å²) in [6.07, 6.45) is 2.79. The molecule has 6 rings (SSSR count). The van der Waals surface area contributed by atoms with Gasteiger partial charge in [-0.15, -0.1) is 6.42 Å². The molecule has 0 saturated heterocycles. The summed E-state index contributed by atoms with van der Waals surface area (Å²) < 4.78 is 0. The van der Waals surface area contributed by atoms with Crippen LogP contribution in [0.15, 0.2) is 84.9 Å². The molecule has 0 bridgehead atoms. The fourth-order valence-electron chi connectivity index (χ4n) is 6.29. The van der Waals surface area contributed by atoms with Crippen molar-refractivity contribution >= 4 is 17.0 Å². The van der Waals surface area contributed by atoms with E-state index in [1.165, 1.54) is 62.2 Å². The molecule has 0 spiro atoms. The van der Waals surface area contributed by atoms with E-state index in [1.807, 2.05) is 0 Å². The second kappa shape index (κ2) is 11.3. The minimum atomic E-state index is -0.826. The normalized spacial score (nSPS) is 12.7. The van der Waals surface area contributed by atoms with Crippen molar-refractivity contribution in [2.24, 2.45) is 0 Å². The van der Waals surface area contributed by atoms with Crippen LogP contribution in [0.2, 0.25) is 0 Å². The van der Waals surface area contributed by atoms with Crippen LogP contribution in [0.5, 0.6) is 0 Å². The Hall–Kier alpha value is -1.74. The third-order valence-corrected chi connectivity index (χ3v) is 7.71. The molecule has 2 N–H and O–H groups in total. The third kappa shape index (κ3) is 4.44. The Bertz CT molecular complexity index is 1280. The first-order chi connectivity index (χ1) is 17.7. The van der Waals surface area contributed by atoms with Gasteiger partial charge in [-0.1, -0.05) is 84.9 Å². The van der Waals surface area contributed by atoms with E-state index in [1.54, 1.807) is 0 Å². The van der Waals surface area contributed by atoms with E-state index in [4.69, 9.17) is 17.0 Å². The van der Waals surface area contributed by atoms with Crippen LogP contribution < -0.4 is 0 Å². The SMILES string of the molecule is O[CH-]CC(CCO)(c1cccc2c1Cc1ccccc1-2)c1cccc2c1Cc1ccccc1-2.[Cl][Zr][Cl]. The van der Waals surface area contributed by atoms with Gasteiger partial charge in [-0.3, -0.25) is 0 Å². The van der Waals surface area contributed by atoms with Gasteiger partial charge >= 0.3 is 37.9 Å². The zero-order valence-electron chi connectivity index (χ0n) is 19.8. The molecule has 0 fully saturated rings. The zero-order valence-corrected chi connectivity index (χ0v) is 23.8. The van der Waals surface area contributed by atoms with E-state index in [2.05, 4.69) is 84.9 Å². The van der Waals surface area contributed by atoms with E-state index >= 15 is 0 Å². The topological polar surface area (TPSA) is 40.5 Å². The zero-order chi connectivity index (χ0) is 25.1. The molecular formula is C31H27Cl2O2Zr-. The number of fused-ring (bicyclic) bond motifs is 6. The van der Waals surface area contributed by atoms with Gasteiger partial charge in [0.2, 0.25) is 0 Å². The number of benzene rings is 4. The second-order valence-electron chi connectivity index (χ2n) is 9.35. The molecule has 36 heavy (non-hydrogen) atoms. The number of halogens is 2. The maximum atomic E-state index is 10.3. The quantitative estimate of drug-likeness (QED) is 0.194. The van der Waals surface area contributed by atoms with Gasteiger partial charge < -0.3 is 10.2 Å². The first-order valence-corrected chi connectivity index (χ1v) is 18.5. The standard InChI is InChI=1S/C31H27O2.2ClH.Zr/c32-17-15-31(16-18-33,29-13-5-11-25-23-9-3-1-7-21(23)19-27(25)29)30-14-6-12-26-24-10-4-2-8-22(24)20-28(26)30;;;/h1-14,17,32-33H,15-16,18-20H2;2*1H;/q-1;;;+2/p-2. The Kier molecular flexibility index (Phi) is 8.15. The van der Waals surface area contributed by atoms with Crippen LogP contribution in [0.1, 0.15) is 46.2 Å². The van der Waals surface area contributed by atoms with Crippen molar-refractivity contribution in [3.63, 3.8) is 0 Å². The minimum absolute atomic E-state index is 0.0566. The van der Waals surface area contributed by atoms with Gasteiger partial charge in [0.15, 0.2) is 0 Å². The third-order valence-electron chi connectivity index (χ3n) is 7.71. The van der Waals surface area contributed by atoms with Gasteiger partial charge in [-0.25, -0.2) is 6.61 Å². The molecule has 4 aromatic carbocycles. The molecule has 4 aromatic rings. The van der Waals surface area contributed by atoms with Gasteiger partial charge in [0.1, 0.15) is 0 Å². The summed E-state index contributed by atoms with van der Waals surface area (Å²) in [6.45, 7) is 1.35. The van der Waals surface area contributed by atoms with Crippen molar-refractivity contribution < 1.29 is 31.1 Å². The van der Waals surface area contributed by atoms with Crippen molar-refractivity contribution in [3.05, 3.63) is 125 Å². The molecule has 182 valence electrons. The number of hydrogen-bond acceptors (Lipinski definition) is 2. The fraction of sp³-hybridized carbons (Fsp3) is 0.194. The van der Waals surface area contributed by atoms with E-state index < -0.39 is 26.3 Å². The van der Waals surface area contributed by atoms with Gasteiger partial charge in [0, 0.05) is 6.61 Å². The van der Waals surface area contributed by atoms with E-state index in [0.717, 1.165) is 12.8 Å². The van der Waals surface area contributed by atoms with Gasteiger partial charge in [0.05, 0.1) is 0 Å². The molecule has 0 amide bonds.